The Hall–Kier alpha value is -2.54. The Morgan fingerprint density at radius 2 is 2.25 bits per heavy atom. The van der Waals surface area contributed by atoms with E-state index in [4.69, 9.17) is 16.7 Å². The number of nitrogens with zero attached hydrogens (tertiary/aromatic N) is 4. The van der Waals surface area contributed by atoms with Gasteiger partial charge in [-0.1, -0.05) is 11.6 Å². The molecule has 2 aliphatic heterocycles. The monoisotopic (exact) mass is 398 g/mol. The van der Waals surface area contributed by atoms with Crippen LogP contribution in [0, 0.1) is 0 Å². The van der Waals surface area contributed by atoms with Crippen LogP contribution in [0.25, 0.3) is 22.3 Å². The van der Waals surface area contributed by atoms with Crippen molar-refractivity contribution in [2.45, 2.75) is 38.1 Å². The summed E-state index contributed by atoms with van der Waals surface area (Å²) in [7, 11) is 0. The van der Waals surface area contributed by atoms with E-state index in [1.807, 2.05) is 24.1 Å². The van der Waals surface area contributed by atoms with Crippen molar-refractivity contribution < 1.29 is 4.79 Å². The molecule has 7 nitrogen and oxygen atoms in total. The normalized spacial score (nSPS) is 21.4. The molecule has 0 aliphatic carbocycles. The first kappa shape index (κ1) is 17.6. The average molecular weight is 399 g/mol. The Morgan fingerprint density at radius 1 is 1.36 bits per heavy atom. The zero-order valence-electron chi connectivity index (χ0n) is 15.8. The van der Waals surface area contributed by atoms with Crippen LogP contribution in [0.1, 0.15) is 31.9 Å². The third-order valence-electron chi connectivity index (χ3n) is 6.09. The minimum Gasteiger partial charge on any atom is -0.345 e. The molecule has 2 amide bonds. The van der Waals surface area contributed by atoms with Crippen LogP contribution in [0.3, 0.4) is 0 Å². The quantitative estimate of drug-likeness (QED) is 0.692. The molecule has 146 valence electrons. The van der Waals surface area contributed by atoms with Gasteiger partial charge in [-0.05, 0) is 38.3 Å². The van der Waals surface area contributed by atoms with E-state index in [9.17, 15) is 4.79 Å². The van der Waals surface area contributed by atoms with Crippen LogP contribution in [0.2, 0.25) is 5.02 Å². The van der Waals surface area contributed by atoms with Crippen LogP contribution >= 0.6 is 11.6 Å². The smallest absolute Gasteiger partial charge is 0.317 e. The van der Waals surface area contributed by atoms with Gasteiger partial charge in [0.2, 0.25) is 0 Å². The van der Waals surface area contributed by atoms with Crippen LogP contribution in [0.4, 0.5) is 4.79 Å². The lowest BCUT2D eigenvalue weighted by molar-refractivity contribution is 0.203. The number of aromatic nitrogens is 4. The van der Waals surface area contributed by atoms with Crippen molar-refractivity contribution >= 4 is 28.7 Å². The van der Waals surface area contributed by atoms with Crippen LogP contribution in [-0.2, 0) is 12.0 Å². The number of H-pyrrole nitrogens is 1. The third kappa shape index (κ3) is 2.68. The van der Waals surface area contributed by atoms with Gasteiger partial charge in [-0.25, -0.2) is 9.78 Å². The van der Waals surface area contributed by atoms with E-state index < -0.39 is 0 Å². The van der Waals surface area contributed by atoms with E-state index in [0.717, 1.165) is 61.2 Å². The number of pyridine rings is 1. The van der Waals surface area contributed by atoms with Crippen molar-refractivity contribution in [1.82, 2.24) is 30.0 Å². The van der Waals surface area contributed by atoms with Crippen molar-refractivity contribution in [2.75, 3.05) is 19.6 Å². The number of carbonyl (C=O) groups is 1. The fourth-order valence-corrected chi connectivity index (χ4v) is 4.88. The lowest BCUT2D eigenvalue weighted by Gasteiger charge is -2.34. The molecule has 0 saturated carbocycles. The molecule has 3 aromatic heterocycles. The summed E-state index contributed by atoms with van der Waals surface area (Å²) >= 11 is 6.26. The molecule has 8 heteroatoms. The Balaban J connectivity index is 1.50. The molecule has 2 N–H and O–H groups in total. The molecule has 28 heavy (non-hydrogen) atoms. The van der Waals surface area contributed by atoms with Gasteiger partial charge in [-0.15, -0.1) is 0 Å². The number of carbonyl (C=O) groups excluding carboxylic acids is 1. The number of rotatable bonds is 2. The van der Waals surface area contributed by atoms with Gasteiger partial charge >= 0.3 is 6.03 Å². The molecule has 1 atom stereocenters. The summed E-state index contributed by atoms with van der Waals surface area (Å²) in [6.45, 7) is 5.07. The van der Waals surface area contributed by atoms with E-state index >= 15 is 0 Å². The van der Waals surface area contributed by atoms with Gasteiger partial charge in [0.1, 0.15) is 5.65 Å². The highest BCUT2D eigenvalue weighted by atomic mass is 35.5. The fourth-order valence-electron chi connectivity index (χ4n) is 4.68. The molecule has 0 bridgehead atoms. The predicted octanol–water partition coefficient (Wildman–Crippen LogP) is 3.55. The summed E-state index contributed by atoms with van der Waals surface area (Å²) in [5.41, 5.74) is 3.89. The summed E-state index contributed by atoms with van der Waals surface area (Å²) in [6.07, 6.45) is 6.75. The number of aromatic amines is 1. The Morgan fingerprint density at radius 3 is 3.11 bits per heavy atom. The van der Waals surface area contributed by atoms with E-state index in [1.54, 1.807) is 6.20 Å². The number of nitrogens with one attached hydrogen (secondary N) is 2. The van der Waals surface area contributed by atoms with Gasteiger partial charge in [0.25, 0.3) is 0 Å². The van der Waals surface area contributed by atoms with Crippen molar-refractivity contribution in [3.8, 4) is 11.3 Å². The molecule has 1 unspecified atom stereocenters. The molecule has 0 radical (unpaired) electrons. The van der Waals surface area contributed by atoms with Crippen molar-refractivity contribution in [3.63, 3.8) is 0 Å². The van der Waals surface area contributed by atoms with E-state index in [1.165, 1.54) is 5.69 Å². The molecule has 1 fully saturated rings. The highest BCUT2D eigenvalue weighted by Gasteiger charge is 2.45. The second-order valence-electron chi connectivity index (χ2n) is 7.79. The number of amides is 2. The number of fused-ring (bicyclic) bond motifs is 3. The van der Waals surface area contributed by atoms with Gasteiger partial charge in [0.15, 0.2) is 0 Å². The number of urea groups is 1. The van der Waals surface area contributed by atoms with Crippen LogP contribution in [-0.4, -0.2) is 50.3 Å². The first-order valence-electron chi connectivity index (χ1n) is 9.84. The van der Waals surface area contributed by atoms with Gasteiger partial charge in [-0.3, -0.25) is 4.68 Å². The maximum absolute atomic E-state index is 12.3. The largest absolute Gasteiger partial charge is 0.345 e. The number of hydrogen-bond acceptors (Lipinski definition) is 3. The predicted molar refractivity (Wildman–Crippen MR) is 108 cm³/mol. The van der Waals surface area contributed by atoms with Gasteiger partial charge in [0, 0.05) is 60.6 Å². The molecule has 2 aliphatic rings. The lowest BCUT2D eigenvalue weighted by atomic mass is 9.77. The SMILES string of the molecule is CCNC(=O)N1CCC2(CCCn3nc(-c4cnc5[nH]cc(Cl)c5c4)cc32)C1. The van der Waals surface area contributed by atoms with E-state index in [-0.39, 0.29) is 11.4 Å². The maximum Gasteiger partial charge on any atom is 0.317 e. The van der Waals surface area contributed by atoms with Crippen LogP contribution in [0.15, 0.2) is 24.5 Å². The molecule has 5 heterocycles. The molecular formula is C20H23ClN6O. The zero-order valence-corrected chi connectivity index (χ0v) is 16.6. The number of halogens is 1. The molecule has 3 aromatic rings. The summed E-state index contributed by atoms with van der Waals surface area (Å²) < 4.78 is 2.13. The van der Waals surface area contributed by atoms with Gasteiger partial charge in [-0.2, -0.15) is 5.10 Å². The minimum atomic E-state index is -0.00214. The molecular weight excluding hydrogens is 376 g/mol. The topological polar surface area (TPSA) is 78.8 Å². The lowest BCUT2D eigenvalue weighted by Crippen LogP contribution is -2.42. The Bertz CT molecular complexity index is 1060. The number of likely N-dealkylation sites (tertiary alicyclic amines) is 1. The fraction of sp³-hybridized carbons (Fsp3) is 0.450. The Kier molecular flexibility index (Phi) is 4.08. The Labute approximate surface area is 168 Å². The van der Waals surface area contributed by atoms with Crippen LogP contribution in [0.5, 0.6) is 0 Å². The van der Waals surface area contributed by atoms with E-state index in [2.05, 4.69) is 26.0 Å². The van der Waals surface area contributed by atoms with Gasteiger partial charge in [0.05, 0.1) is 10.7 Å². The highest BCUT2D eigenvalue weighted by molar-refractivity contribution is 6.35. The minimum absolute atomic E-state index is 0.00214. The van der Waals surface area contributed by atoms with Crippen molar-refractivity contribution in [3.05, 3.63) is 35.2 Å². The summed E-state index contributed by atoms with van der Waals surface area (Å²) in [6, 6.07) is 4.26. The second-order valence-corrected chi connectivity index (χ2v) is 8.19. The molecule has 0 aromatic carbocycles. The summed E-state index contributed by atoms with van der Waals surface area (Å²) in [5.74, 6) is 0. The van der Waals surface area contributed by atoms with Gasteiger partial charge < -0.3 is 15.2 Å². The molecule has 1 saturated heterocycles. The first-order valence-corrected chi connectivity index (χ1v) is 10.2. The standard InChI is InChI=1S/C20H23ClN6O/c1-2-22-19(28)26-7-5-20(12-26)4-3-6-27-17(20)9-16(25-27)13-8-14-15(21)11-24-18(14)23-10-13/h8-11H,2-7,12H2,1H3,(H,22,28)(H,23,24). The average Bonchev–Trinajstić information content (AvgIpc) is 3.41. The first-order chi connectivity index (χ1) is 13.6. The highest BCUT2D eigenvalue weighted by Crippen LogP contribution is 2.43. The van der Waals surface area contributed by atoms with Crippen molar-refractivity contribution in [2.24, 2.45) is 0 Å². The third-order valence-corrected chi connectivity index (χ3v) is 6.41. The number of hydrogen-bond donors (Lipinski definition) is 2. The maximum atomic E-state index is 12.3. The molecule has 1 spiro atoms. The van der Waals surface area contributed by atoms with Crippen LogP contribution < -0.4 is 5.32 Å². The summed E-state index contributed by atoms with van der Waals surface area (Å²) in [4.78, 5) is 21.8. The van der Waals surface area contributed by atoms with Crippen molar-refractivity contribution in [1.29, 1.82) is 0 Å². The number of aryl methyl sites for hydroxylation is 1. The zero-order chi connectivity index (χ0) is 19.3. The second kappa shape index (κ2) is 6.51. The summed E-state index contributed by atoms with van der Waals surface area (Å²) in [5, 5.41) is 9.37. The molecule has 5 rings (SSSR count). The van der Waals surface area contributed by atoms with E-state index in [0.29, 0.717) is 11.6 Å².